The van der Waals surface area contributed by atoms with Crippen LogP contribution >= 0.6 is 0 Å². The molecule has 0 spiro atoms. The molecule has 6 heteroatoms. The molecule has 0 unspecified atom stereocenters. The van der Waals surface area contributed by atoms with Gasteiger partial charge in [0.05, 0.1) is 12.8 Å². The summed E-state index contributed by atoms with van der Waals surface area (Å²) in [5.41, 5.74) is 6.26. The number of nitrogens with one attached hydrogen (secondary N) is 2. The Hall–Kier alpha value is -1.98. The van der Waals surface area contributed by atoms with Crippen LogP contribution in [-0.2, 0) is 4.79 Å². The quantitative estimate of drug-likeness (QED) is 0.622. The van der Waals surface area contributed by atoms with Gasteiger partial charge < -0.3 is 21.1 Å². The van der Waals surface area contributed by atoms with Crippen LogP contribution in [0.4, 0.5) is 11.5 Å². The zero-order valence-corrected chi connectivity index (χ0v) is 9.41. The molecule has 4 N–H and O–H groups in total. The first-order chi connectivity index (χ1) is 7.63. The number of amides is 1. The van der Waals surface area contributed by atoms with Crippen molar-refractivity contribution in [1.82, 2.24) is 10.3 Å². The van der Waals surface area contributed by atoms with Gasteiger partial charge in [-0.1, -0.05) is 0 Å². The molecule has 1 heterocycles. The van der Waals surface area contributed by atoms with Gasteiger partial charge in [0.15, 0.2) is 5.82 Å². The molecule has 6 nitrogen and oxygen atoms in total. The summed E-state index contributed by atoms with van der Waals surface area (Å²) in [7, 11) is 1.54. The molecule has 1 aromatic rings. The van der Waals surface area contributed by atoms with Gasteiger partial charge >= 0.3 is 0 Å². The number of hydrogen-bond acceptors (Lipinski definition) is 5. The van der Waals surface area contributed by atoms with E-state index >= 15 is 0 Å². The van der Waals surface area contributed by atoms with Crippen LogP contribution in [0.2, 0.25) is 0 Å². The van der Waals surface area contributed by atoms with E-state index in [2.05, 4.69) is 15.6 Å². The van der Waals surface area contributed by atoms with Crippen LogP contribution in [0.15, 0.2) is 12.1 Å². The summed E-state index contributed by atoms with van der Waals surface area (Å²) in [6.45, 7) is 2.55. The Morgan fingerprint density at radius 2 is 2.25 bits per heavy atom. The Bertz CT molecular complexity index is 368. The second-order valence-corrected chi connectivity index (χ2v) is 3.20. The van der Waals surface area contributed by atoms with E-state index in [-0.39, 0.29) is 5.91 Å². The van der Waals surface area contributed by atoms with Gasteiger partial charge in [-0.2, -0.15) is 4.98 Å². The molecule has 1 rings (SSSR count). The normalized spacial score (nSPS) is 9.62. The van der Waals surface area contributed by atoms with Crippen LogP contribution in [0.25, 0.3) is 0 Å². The van der Waals surface area contributed by atoms with Crippen LogP contribution in [0, 0.1) is 0 Å². The van der Waals surface area contributed by atoms with Crippen LogP contribution in [0.3, 0.4) is 0 Å². The van der Waals surface area contributed by atoms with Crippen molar-refractivity contribution in [3.63, 3.8) is 0 Å². The Morgan fingerprint density at radius 1 is 1.50 bits per heavy atom. The number of pyridine rings is 1. The predicted molar refractivity (Wildman–Crippen MR) is 62.4 cm³/mol. The van der Waals surface area contributed by atoms with Gasteiger partial charge in [0.25, 0.3) is 0 Å². The van der Waals surface area contributed by atoms with E-state index in [1.165, 1.54) is 6.92 Å². The monoisotopic (exact) mass is 224 g/mol. The van der Waals surface area contributed by atoms with E-state index < -0.39 is 0 Å². The maximum atomic E-state index is 10.6. The second-order valence-electron chi connectivity index (χ2n) is 3.20. The first-order valence-corrected chi connectivity index (χ1v) is 4.92. The summed E-state index contributed by atoms with van der Waals surface area (Å²) < 4.78 is 4.98. The molecule has 0 fully saturated rings. The lowest BCUT2D eigenvalue weighted by molar-refractivity contribution is -0.118. The van der Waals surface area contributed by atoms with E-state index in [4.69, 9.17) is 10.5 Å². The van der Waals surface area contributed by atoms with E-state index in [1.807, 2.05) is 0 Å². The van der Waals surface area contributed by atoms with E-state index in [0.717, 1.165) is 0 Å². The maximum absolute atomic E-state index is 10.6. The van der Waals surface area contributed by atoms with Crippen LogP contribution in [-0.4, -0.2) is 31.1 Å². The standard InChI is InChI=1S/C10H16N4O2/c1-7(15)12-5-6-13-10-8(11)3-4-9(14-10)16-2/h3-4H,5-6,11H2,1-2H3,(H,12,15)(H,13,14). The average molecular weight is 224 g/mol. The number of nitrogens with zero attached hydrogens (tertiary/aromatic N) is 1. The summed E-state index contributed by atoms with van der Waals surface area (Å²) in [5, 5.41) is 5.67. The first kappa shape index (κ1) is 12.1. The molecule has 0 radical (unpaired) electrons. The maximum Gasteiger partial charge on any atom is 0.216 e. The fourth-order valence-electron chi connectivity index (χ4n) is 1.13. The number of methoxy groups -OCH3 is 1. The molecule has 0 aromatic carbocycles. The summed E-state index contributed by atoms with van der Waals surface area (Å²) in [6, 6.07) is 3.40. The molecule has 0 aliphatic heterocycles. The largest absolute Gasteiger partial charge is 0.481 e. The van der Waals surface area contributed by atoms with Gasteiger partial charge in [0.1, 0.15) is 0 Å². The summed E-state index contributed by atoms with van der Waals surface area (Å²) in [6.07, 6.45) is 0. The summed E-state index contributed by atoms with van der Waals surface area (Å²) >= 11 is 0. The minimum Gasteiger partial charge on any atom is -0.481 e. The first-order valence-electron chi connectivity index (χ1n) is 4.92. The molecule has 1 aromatic heterocycles. The smallest absolute Gasteiger partial charge is 0.216 e. The molecule has 0 saturated carbocycles. The van der Waals surface area contributed by atoms with Gasteiger partial charge in [0.2, 0.25) is 11.8 Å². The van der Waals surface area contributed by atoms with E-state index in [0.29, 0.717) is 30.5 Å². The molecule has 0 aliphatic rings. The Kier molecular flexibility index (Phi) is 4.38. The molecule has 0 bridgehead atoms. The lowest BCUT2D eigenvalue weighted by atomic mass is 10.4. The van der Waals surface area contributed by atoms with Crippen molar-refractivity contribution in [2.75, 3.05) is 31.2 Å². The Labute approximate surface area is 94.2 Å². The summed E-state index contributed by atoms with van der Waals surface area (Å²) in [4.78, 5) is 14.8. The number of carbonyl (C=O) groups excluding carboxylic acids is 1. The third-order valence-corrected chi connectivity index (χ3v) is 1.90. The van der Waals surface area contributed by atoms with Crippen LogP contribution in [0.1, 0.15) is 6.92 Å². The van der Waals surface area contributed by atoms with Crippen molar-refractivity contribution in [3.05, 3.63) is 12.1 Å². The van der Waals surface area contributed by atoms with Gasteiger partial charge in [-0.05, 0) is 6.07 Å². The highest BCUT2D eigenvalue weighted by Crippen LogP contribution is 2.18. The molecule has 0 saturated heterocycles. The Morgan fingerprint density at radius 3 is 2.88 bits per heavy atom. The van der Waals surface area contributed by atoms with Gasteiger partial charge in [0, 0.05) is 26.1 Å². The number of carbonyl (C=O) groups is 1. The topological polar surface area (TPSA) is 89.3 Å². The Balaban J connectivity index is 2.49. The second kappa shape index (κ2) is 5.79. The van der Waals surface area contributed by atoms with Crippen molar-refractivity contribution in [2.24, 2.45) is 0 Å². The predicted octanol–water partition coefficient (Wildman–Crippen LogP) is 0.220. The number of nitrogen functional groups attached to an aromatic ring is 1. The molecular weight excluding hydrogens is 208 g/mol. The SMILES string of the molecule is COc1ccc(N)c(NCCNC(C)=O)n1. The van der Waals surface area contributed by atoms with Crippen molar-refractivity contribution in [2.45, 2.75) is 6.92 Å². The zero-order chi connectivity index (χ0) is 12.0. The minimum atomic E-state index is -0.0617. The van der Waals surface area contributed by atoms with Crippen molar-refractivity contribution >= 4 is 17.4 Å². The van der Waals surface area contributed by atoms with Gasteiger partial charge in [-0.3, -0.25) is 4.79 Å². The molecule has 16 heavy (non-hydrogen) atoms. The van der Waals surface area contributed by atoms with Gasteiger partial charge in [-0.15, -0.1) is 0 Å². The third kappa shape index (κ3) is 3.64. The van der Waals surface area contributed by atoms with Crippen molar-refractivity contribution in [1.29, 1.82) is 0 Å². The summed E-state index contributed by atoms with van der Waals surface area (Å²) in [5.74, 6) is 0.995. The molecule has 1 amide bonds. The van der Waals surface area contributed by atoms with Crippen LogP contribution < -0.4 is 21.1 Å². The fraction of sp³-hybridized carbons (Fsp3) is 0.400. The van der Waals surface area contributed by atoms with Crippen molar-refractivity contribution in [3.8, 4) is 5.88 Å². The van der Waals surface area contributed by atoms with E-state index in [9.17, 15) is 4.79 Å². The fourth-order valence-corrected chi connectivity index (χ4v) is 1.13. The number of hydrogen-bond donors (Lipinski definition) is 3. The number of nitrogens with two attached hydrogens (primary N) is 1. The average Bonchev–Trinajstić information content (AvgIpc) is 2.26. The zero-order valence-electron chi connectivity index (χ0n) is 9.41. The molecule has 0 aliphatic carbocycles. The molecule has 0 atom stereocenters. The molecular formula is C10H16N4O2. The van der Waals surface area contributed by atoms with E-state index in [1.54, 1.807) is 19.2 Å². The number of rotatable bonds is 5. The number of anilines is 2. The number of ether oxygens (including phenoxy) is 1. The molecule has 88 valence electrons. The highest BCUT2D eigenvalue weighted by atomic mass is 16.5. The third-order valence-electron chi connectivity index (χ3n) is 1.90. The lowest BCUT2D eigenvalue weighted by Crippen LogP contribution is -2.26. The van der Waals surface area contributed by atoms with Gasteiger partial charge in [-0.25, -0.2) is 0 Å². The highest BCUT2D eigenvalue weighted by molar-refractivity contribution is 5.72. The highest BCUT2D eigenvalue weighted by Gasteiger charge is 2.02. The van der Waals surface area contributed by atoms with Crippen LogP contribution in [0.5, 0.6) is 5.88 Å². The van der Waals surface area contributed by atoms with Crippen molar-refractivity contribution < 1.29 is 9.53 Å². The minimum absolute atomic E-state index is 0.0617. The number of aromatic nitrogens is 1. The lowest BCUT2D eigenvalue weighted by Gasteiger charge is -2.09.